The van der Waals surface area contributed by atoms with Crippen molar-refractivity contribution in [3.8, 4) is 0 Å². The average molecular weight is 378 g/mol. The van der Waals surface area contributed by atoms with E-state index in [1.165, 1.54) is 61.9 Å². The fourth-order valence-electron chi connectivity index (χ4n) is 4.45. The zero-order valence-corrected chi connectivity index (χ0v) is 17.1. The molecule has 2 bridgehead atoms. The van der Waals surface area contributed by atoms with E-state index >= 15 is 0 Å². The summed E-state index contributed by atoms with van der Waals surface area (Å²) < 4.78 is 5.63. The van der Waals surface area contributed by atoms with Gasteiger partial charge in [-0.15, -0.1) is 0 Å². The highest BCUT2D eigenvalue weighted by Crippen LogP contribution is 2.34. The standard InChI is InChI=1S/C24H31N3O/c1-3-9-17-10-6-4-5-7-11-18-14-19(17)21(26-18)15-23-24(28-2)16-22(27-23)20-12-8-13-25-20/h8,12-17,25-26H,3-7,9-11H2,1-2H3/b23-15+/t17-/m1/s1. The van der Waals surface area contributed by atoms with Gasteiger partial charge in [-0.05, 0) is 61.4 Å². The van der Waals surface area contributed by atoms with Crippen LogP contribution in [-0.2, 0) is 11.2 Å². The van der Waals surface area contributed by atoms with Crippen LogP contribution in [0.5, 0.6) is 0 Å². The van der Waals surface area contributed by atoms with Gasteiger partial charge in [0.1, 0.15) is 11.5 Å². The summed E-state index contributed by atoms with van der Waals surface area (Å²) >= 11 is 0. The second kappa shape index (κ2) is 8.68. The summed E-state index contributed by atoms with van der Waals surface area (Å²) in [5.41, 5.74) is 6.87. The lowest BCUT2D eigenvalue weighted by molar-refractivity contribution is 0.303. The minimum absolute atomic E-state index is 0.628. The Hall–Kier alpha value is -2.49. The largest absolute Gasteiger partial charge is 0.494 e. The molecule has 148 valence electrons. The van der Waals surface area contributed by atoms with Gasteiger partial charge in [0, 0.05) is 23.7 Å². The molecule has 3 heterocycles. The summed E-state index contributed by atoms with van der Waals surface area (Å²) in [5.74, 6) is 1.45. The molecule has 1 atom stereocenters. The lowest BCUT2D eigenvalue weighted by atomic mass is 9.88. The number of hydrogen-bond acceptors (Lipinski definition) is 2. The fraction of sp³-hybridized carbons (Fsp3) is 0.458. The van der Waals surface area contributed by atoms with Gasteiger partial charge >= 0.3 is 0 Å². The Labute approximate surface area is 167 Å². The summed E-state index contributed by atoms with van der Waals surface area (Å²) in [6.45, 7) is 2.29. The van der Waals surface area contributed by atoms with Crippen LogP contribution >= 0.6 is 0 Å². The highest BCUT2D eigenvalue weighted by Gasteiger charge is 2.21. The Morgan fingerprint density at radius 2 is 2.14 bits per heavy atom. The summed E-state index contributed by atoms with van der Waals surface area (Å²) in [7, 11) is 1.72. The maximum Gasteiger partial charge on any atom is 0.146 e. The minimum Gasteiger partial charge on any atom is -0.494 e. The second-order valence-corrected chi connectivity index (χ2v) is 7.93. The minimum atomic E-state index is 0.628. The van der Waals surface area contributed by atoms with Crippen LogP contribution in [0, 0.1) is 0 Å². The predicted molar refractivity (Wildman–Crippen MR) is 116 cm³/mol. The van der Waals surface area contributed by atoms with Crippen LogP contribution in [0.1, 0.15) is 80.4 Å². The number of aryl methyl sites for hydroxylation is 1. The van der Waals surface area contributed by atoms with Crippen molar-refractivity contribution in [3.05, 3.63) is 64.6 Å². The van der Waals surface area contributed by atoms with E-state index in [2.05, 4.69) is 29.0 Å². The zero-order valence-electron chi connectivity index (χ0n) is 17.1. The Morgan fingerprint density at radius 3 is 2.93 bits per heavy atom. The van der Waals surface area contributed by atoms with Gasteiger partial charge in [-0.2, -0.15) is 0 Å². The Kier molecular flexibility index (Phi) is 5.84. The molecule has 1 aliphatic heterocycles. The number of hydrogen-bond donors (Lipinski definition) is 2. The van der Waals surface area contributed by atoms with E-state index < -0.39 is 0 Å². The topological polar surface area (TPSA) is 53.2 Å². The van der Waals surface area contributed by atoms with Crippen molar-refractivity contribution in [2.24, 2.45) is 4.99 Å². The molecule has 2 aromatic heterocycles. The smallest absolute Gasteiger partial charge is 0.146 e. The quantitative estimate of drug-likeness (QED) is 0.649. The van der Waals surface area contributed by atoms with Crippen molar-refractivity contribution >= 4 is 11.8 Å². The van der Waals surface area contributed by atoms with Gasteiger partial charge in [-0.25, -0.2) is 4.99 Å². The summed E-state index contributed by atoms with van der Waals surface area (Å²) in [5, 5.41) is 0. The maximum absolute atomic E-state index is 5.63. The molecule has 1 aliphatic carbocycles. The zero-order chi connectivity index (χ0) is 19.3. The Bertz CT molecular complexity index is 883. The molecule has 2 N–H and O–H groups in total. The number of aromatic nitrogens is 2. The second-order valence-electron chi connectivity index (χ2n) is 7.93. The van der Waals surface area contributed by atoms with E-state index in [1.54, 1.807) is 7.11 Å². The highest BCUT2D eigenvalue weighted by atomic mass is 16.5. The molecule has 28 heavy (non-hydrogen) atoms. The molecule has 4 rings (SSSR count). The van der Waals surface area contributed by atoms with Gasteiger partial charge in [0.05, 0.1) is 18.5 Å². The van der Waals surface area contributed by atoms with Crippen LogP contribution in [0.2, 0.25) is 0 Å². The molecule has 0 fully saturated rings. The SMILES string of the molecule is CCC[C@@H]1CCCCCCc2cc1c(/C=C1/N=C(c3ccc[nH]3)C=C1OC)[nH]2. The number of allylic oxidation sites excluding steroid dienone is 1. The molecule has 0 radical (unpaired) electrons. The number of methoxy groups -OCH3 is 1. The third-order valence-corrected chi connectivity index (χ3v) is 5.90. The molecule has 0 aromatic carbocycles. The number of fused-ring (bicyclic) bond motifs is 2. The van der Waals surface area contributed by atoms with Crippen molar-refractivity contribution in [2.45, 2.75) is 64.2 Å². The molecule has 0 unspecified atom stereocenters. The number of nitrogens with one attached hydrogen (secondary N) is 2. The molecule has 4 nitrogen and oxygen atoms in total. The van der Waals surface area contributed by atoms with E-state index in [0.29, 0.717) is 5.92 Å². The number of ether oxygens (including phenoxy) is 1. The lowest BCUT2D eigenvalue weighted by Gasteiger charge is -2.17. The van der Waals surface area contributed by atoms with E-state index in [-0.39, 0.29) is 0 Å². The fourth-order valence-corrected chi connectivity index (χ4v) is 4.45. The molecule has 0 spiro atoms. The van der Waals surface area contributed by atoms with Crippen LogP contribution in [0.15, 0.2) is 46.9 Å². The molecule has 2 aliphatic rings. The molecule has 0 amide bonds. The third-order valence-electron chi connectivity index (χ3n) is 5.90. The monoisotopic (exact) mass is 377 g/mol. The van der Waals surface area contributed by atoms with Crippen LogP contribution in [0.4, 0.5) is 0 Å². The van der Waals surface area contributed by atoms with Crippen molar-refractivity contribution < 1.29 is 4.74 Å². The van der Waals surface area contributed by atoms with E-state index in [0.717, 1.165) is 29.3 Å². The lowest BCUT2D eigenvalue weighted by Crippen LogP contribution is -2.01. The summed E-state index contributed by atoms with van der Waals surface area (Å²) in [4.78, 5) is 11.8. The number of nitrogens with zero attached hydrogens (tertiary/aromatic N) is 1. The highest BCUT2D eigenvalue weighted by molar-refractivity contribution is 6.11. The van der Waals surface area contributed by atoms with Gasteiger partial charge < -0.3 is 14.7 Å². The van der Waals surface area contributed by atoms with Gasteiger partial charge in [-0.3, -0.25) is 0 Å². The van der Waals surface area contributed by atoms with E-state index in [1.807, 2.05) is 24.4 Å². The van der Waals surface area contributed by atoms with E-state index in [9.17, 15) is 0 Å². The first kappa shape index (κ1) is 18.9. The predicted octanol–water partition coefficient (Wildman–Crippen LogP) is 6.11. The van der Waals surface area contributed by atoms with Gasteiger partial charge in [0.2, 0.25) is 0 Å². The van der Waals surface area contributed by atoms with Crippen LogP contribution < -0.4 is 0 Å². The maximum atomic E-state index is 5.63. The molecule has 4 heteroatoms. The molecule has 0 saturated carbocycles. The molecular formula is C24H31N3O. The van der Waals surface area contributed by atoms with Crippen molar-refractivity contribution in [3.63, 3.8) is 0 Å². The van der Waals surface area contributed by atoms with Crippen molar-refractivity contribution in [2.75, 3.05) is 7.11 Å². The normalized spacial score (nSPS) is 21.5. The number of aromatic amines is 2. The average Bonchev–Trinajstić information content (AvgIpc) is 3.43. The molecular weight excluding hydrogens is 346 g/mol. The first-order valence-corrected chi connectivity index (χ1v) is 10.7. The van der Waals surface area contributed by atoms with Gasteiger partial charge in [0.25, 0.3) is 0 Å². The Balaban J connectivity index is 1.72. The summed E-state index contributed by atoms with van der Waals surface area (Å²) in [6, 6.07) is 6.45. The molecule has 2 aromatic rings. The number of aliphatic imine (C=N–C) groups is 1. The Morgan fingerprint density at radius 1 is 1.25 bits per heavy atom. The van der Waals surface area contributed by atoms with Crippen LogP contribution in [0.25, 0.3) is 6.08 Å². The van der Waals surface area contributed by atoms with Crippen LogP contribution in [-0.4, -0.2) is 22.8 Å². The number of rotatable bonds is 5. The van der Waals surface area contributed by atoms with Gasteiger partial charge in [-0.1, -0.05) is 32.6 Å². The van der Waals surface area contributed by atoms with Crippen LogP contribution in [0.3, 0.4) is 0 Å². The first-order chi connectivity index (χ1) is 13.8. The molecule has 0 saturated heterocycles. The van der Waals surface area contributed by atoms with Gasteiger partial charge in [0.15, 0.2) is 0 Å². The number of H-pyrrole nitrogens is 2. The summed E-state index contributed by atoms with van der Waals surface area (Å²) in [6.07, 6.45) is 16.3. The van der Waals surface area contributed by atoms with Crippen molar-refractivity contribution in [1.29, 1.82) is 0 Å². The van der Waals surface area contributed by atoms with Crippen molar-refractivity contribution in [1.82, 2.24) is 9.97 Å². The van der Waals surface area contributed by atoms with E-state index in [4.69, 9.17) is 9.73 Å². The third kappa shape index (κ3) is 4.01. The first-order valence-electron chi connectivity index (χ1n) is 10.7.